The predicted octanol–water partition coefficient (Wildman–Crippen LogP) is 10.8. The van der Waals surface area contributed by atoms with Gasteiger partial charge in [-0.3, -0.25) is 0 Å². The van der Waals surface area contributed by atoms with Crippen molar-refractivity contribution in [1.82, 2.24) is 0 Å². The first-order chi connectivity index (χ1) is 24.2. The minimum Gasteiger partial charge on any atom is -0.550 e. The summed E-state index contributed by atoms with van der Waals surface area (Å²) in [6.45, 7) is 7.26. The van der Waals surface area contributed by atoms with Gasteiger partial charge in [-0.2, -0.15) is 0 Å². The first kappa shape index (κ1) is 54.2. The van der Waals surface area contributed by atoms with Crippen LogP contribution in [0.2, 0.25) is 0 Å². The first-order valence-electron chi connectivity index (χ1n) is 22.3. The predicted molar refractivity (Wildman–Crippen MR) is 220 cm³/mol. The van der Waals surface area contributed by atoms with E-state index in [0.717, 1.165) is 8.97 Å². The molecule has 0 rings (SSSR count). The number of unbranched alkanes of at least 4 members (excludes halogenated alkanes) is 30. The maximum Gasteiger partial charge on any atom is 0.0780 e. The number of hydrogen-bond acceptors (Lipinski definition) is 4. The first-order valence-corrected chi connectivity index (χ1v) is 22.3. The van der Waals surface area contributed by atoms with Crippen molar-refractivity contribution in [2.75, 3.05) is 55.4 Å². The average molecular weight is 727 g/mol. The Hall–Kier alpha value is -1.14. The molecule has 0 aromatic carbocycles. The zero-order valence-corrected chi connectivity index (χ0v) is 36.3. The SMILES string of the molecule is CCCCCCCCCCCCCCCCCC[N+](C)(C)C.CCCCCCCCCCCCCCCCCC[N+](C)(C)C.O=C([O-])CC(=O)[O-]. The number of aliphatic carboxylic acids is 2. The van der Waals surface area contributed by atoms with Crippen LogP contribution < -0.4 is 10.2 Å². The van der Waals surface area contributed by atoms with Gasteiger partial charge >= 0.3 is 0 Å². The molecule has 0 aromatic heterocycles. The van der Waals surface area contributed by atoms with Crippen molar-refractivity contribution in [3.8, 4) is 0 Å². The van der Waals surface area contributed by atoms with Crippen LogP contribution in [0.15, 0.2) is 0 Å². The quantitative estimate of drug-likeness (QED) is 0.0366. The molecule has 0 fully saturated rings. The highest BCUT2D eigenvalue weighted by Gasteiger charge is 2.06. The molecule has 0 aliphatic heterocycles. The van der Waals surface area contributed by atoms with Crippen LogP contribution in [0.3, 0.4) is 0 Å². The number of quaternary nitrogens is 2. The summed E-state index contributed by atoms with van der Waals surface area (Å²) >= 11 is 0. The second-order valence-corrected chi connectivity index (χ2v) is 17.6. The molecule has 6 heteroatoms. The summed E-state index contributed by atoms with van der Waals surface area (Å²) in [5, 5.41) is 18.6. The van der Waals surface area contributed by atoms with Crippen LogP contribution in [0.25, 0.3) is 0 Å². The molecular weight excluding hydrogens is 633 g/mol. The lowest BCUT2D eigenvalue weighted by Crippen LogP contribution is -2.35. The van der Waals surface area contributed by atoms with Crippen molar-refractivity contribution in [3.63, 3.8) is 0 Å². The Labute approximate surface area is 321 Å². The molecule has 308 valence electrons. The molecule has 51 heavy (non-hydrogen) atoms. The number of carboxylic acid groups (broad SMARTS) is 2. The van der Waals surface area contributed by atoms with Crippen LogP contribution in [0.5, 0.6) is 0 Å². The Morgan fingerprint density at radius 3 is 0.588 bits per heavy atom. The second kappa shape index (κ2) is 41.6. The van der Waals surface area contributed by atoms with Gasteiger partial charge in [-0.15, -0.1) is 0 Å². The van der Waals surface area contributed by atoms with Crippen LogP contribution in [-0.4, -0.2) is 76.3 Å². The average Bonchev–Trinajstić information content (AvgIpc) is 3.03. The zero-order valence-electron chi connectivity index (χ0n) is 36.3. The van der Waals surface area contributed by atoms with Gasteiger partial charge < -0.3 is 28.8 Å². The second-order valence-electron chi connectivity index (χ2n) is 17.6. The highest BCUT2D eigenvalue weighted by Crippen LogP contribution is 2.15. The van der Waals surface area contributed by atoms with Crippen molar-refractivity contribution >= 4 is 11.9 Å². The molecule has 0 heterocycles. The summed E-state index contributed by atoms with van der Waals surface area (Å²) in [6, 6.07) is 0. The summed E-state index contributed by atoms with van der Waals surface area (Å²) in [7, 11) is 13.8. The molecule has 0 saturated carbocycles. The van der Waals surface area contributed by atoms with Crippen molar-refractivity contribution in [1.29, 1.82) is 0 Å². The maximum atomic E-state index is 9.28. The Balaban J connectivity index is -0.000000761. The van der Waals surface area contributed by atoms with Crippen molar-refractivity contribution < 1.29 is 28.8 Å². The van der Waals surface area contributed by atoms with Crippen molar-refractivity contribution in [3.05, 3.63) is 0 Å². The molecule has 0 amide bonds. The van der Waals surface area contributed by atoms with E-state index in [-0.39, 0.29) is 0 Å². The molecular formula is C45H94N2O4. The summed E-state index contributed by atoms with van der Waals surface area (Å²) < 4.78 is 2.25. The van der Waals surface area contributed by atoms with Gasteiger partial charge in [0.1, 0.15) is 0 Å². The lowest BCUT2D eigenvalue weighted by molar-refractivity contribution is -0.870. The molecule has 0 spiro atoms. The van der Waals surface area contributed by atoms with E-state index in [1.165, 1.54) is 219 Å². The molecule has 0 bridgehead atoms. The third kappa shape index (κ3) is 64.3. The smallest absolute Gasteiger partial charge is 0.0780 e. The Kier molecular flexibility index (Phi) is 44.2. The van der Waals surface area contributed by atoms with Crippen molar-refractivity contribution in [2.45, 2.75) is 226 Å². The molecule has 0 aliphatic carbocycles. The van der Waals surface area contributed by atoms with Gasteiger partial charge in [-0.05, 0) is 25.7 Å². The normalized spacial score (nSPS) is 11.5. The summed E-state index contributed by atoms with van der Waals surface area (Å²) in [6.07, 6.45) is 45.7. The van der Waals surface area contributed by atoms with Gasteiger partial charge in [-0.1, -0.05) is 194 Å². The van der Waals surface area contributed by atoms with E-state index in [0.29, 0.717) is 0 Å². The van der Waals surface area contributed by atoms with E-state index in [9.17, 15) is 19.8 Å². The molecule has 0 aliphatic rings. The Morgan fingerprint density at radius 1 is 0.314 bits per heavy atom. The number of carbonyl (C=O) groups is 2. The molecule has 0 aromatic rings. The molecule has 0 saturated heterocycles. The van der Waals surface area contributed by atoms with Gasteiger partial charge in [0.2, 0.25) is 0 Å². The number of carboxylic acids is 2. The van der Waals surface area contributed by atoms with Crippen LogP contribution in [-0.2, 0) is 9.59 Å². The minimum absolute atomic E-state index is 1.03. The van der Waals surface area contributed by atoms with Crippen LogP contribution in [0.4, 0.5) is 0 Å². The van der Waals surface area contributed by atoms with Gasteiger partial charge in [0, 0.05) is 18.4 Å². The number of rotatable bonds is 36. The lowest BCUT2D eigenvalue weighted by atomic mass is 10.0. The lowest BCUT2D eigenvalue weighted by Gasteiger charge is -2.23. The third-order valence-corrected chi connectivity index (χ3v) is 9.65. The van der Waals surface area contributed by atoms with Gasteiger partial charge in [0.15, 0.2) is 0 Å². The maximum absolute atomic E-state index is 9.28. The van der Waals surface area contributed by atoms with Crippen LogP contribution in [0.1, 0.15) is 226 Å². The molecule has 0 unspecified atom stereocenters. The van der Waals surface area contributed by atoms with Crippen molar-refractivity contribution in [2.24, 2.45) is 0 Å². The van der Waals surface area contributed by atoms with E-state index in [1.807, 2.05) is 0 Å². The van der Waals surface area contributed by atoms with E-state index in [2.05, 4.69) is 56.1 Å². The molecule has 0 atom stereocenters. The van der Waals surface area contributed by atoms with E-state index in [1.54, 1.807) is 0 Å². The fraction of sp³-hybridized carbons (Fsp3) is 0.956. The fourth-order valence-electron chi connectivity index (χ4n) is 6.39. The monoisotopic (exact) mass is 727 g/mol. The van der Waals surface area contributed by atoms with Crippen LogP contribution in [0, 0.1) is 0 Å². The summed E-state index contributed by atoms with van der Waals surface area (Å²) in [4.78, 5) is 18.6. The minimum atomic E-state index is -1.63. The van der Waals surface area contributed by atoms with Crippen LogP contribution >= 0.6 is 0 Å². The largest absolute Gasteiger partial charge is 0.550 e. The third-order valence-electron chi connectivity index (χ3n) is 9.65. The van der Waals surface area contributed by atoms with E-state index in [4.69, 9.17) is 0 Å². The summed E-state index contributed by atoms with van der Waals surface area (Å²) in [5.41, 5.74) is 0. The number of nitrogens with zero attached hydrogens (tertiary/aromatic N) is 2. The Morgan fingerprint density at radius 2 is 0.471 bits per heavy atom. The number of hydrogen-bond donors (Lipinski definition) is 0. The van der Waals surface area contributed by atoms with E-state index < -0.39 is 18.4 Å². The zero-order chi connectivity index (χ0) is 38.9. The molecule has 0 N–H and O–H groups in total. The highest BCUT2D eigenvalue weighted by atomic mass is 16.4. The molecule has 6 nitrogen and oxygen atoms in total. The van der Waals surface area contributed by atoms with Gasteiger partial charge in [0.25, 0.3) is 0 Å². The summed E-state index contributed by atoms with van der Waals surface area (Å²) in [5.74, 6) is -3.25. The number of carbonyl (C=O) groups excluding carboxylic acids is 2. The fourth-order valence-corrected chi connectivity index (χ4v) is 6.39. The molecule has 0 radical (unpaired) electrons. The Bertz CT molecular complexity index is 641. The van der Waals surface area contributed by atoms with Gasteiger partial charge in [-0.25, -0.2) is 0 Å². The topological polar surface area (TPSA) is 80.3 Å². The van der Waals surface area contributed by atoms with Gasteiger partial charge in [0.05, 0.1) is 55.4 Å². The van der Waals surface area contributed by atoms with E-state index >= 15 is 0 Å². The standard InChI is InChI=1S/2C21H46N.C3H4O4/c2*1-5-6-7-8-9-10-11-12-13-14-15-16-17-18-19-20-21-22(2,3)4;4-2(5)1-3(6)7/h2*5-21H2,1-4H3;1H2,(H,4,5)(H,6,7)/q2*+1;/p-2. The highest BCUT2D eigenvalue weighted by molar-refractivity contribution is 5.86.